The van der Waals surface area contributed by atoms with Gasteiger partial charge in [0.2, 0.25) is 0 Å². The summed E-state index contributed by atoms with van der Waals surface area (Å²) in [4.78, 5) is 0. The van der Waals surface area contributed by atoms with Gasteiger partial charge in [-0.25, -0.2) is 0 Å². The first kappa shape index (κ1) is 17.9. The number of nitrogens with zero attached hydrogens (tertiary/aromatic N) is 1. The van der Waals surface area contributed by atoms with Gasteiger partial charge in [0.15, 0.2) is 0 Å². The van der Waals surface area contributed by atoms with Crippen LogP contribution < -0.4 is 15.8 Å². The highest BCUT2D eigenvalue weighted by atomic mass is 32.1. The average molecular weight is 368 g/mol. The van der Waals surface area contributed by atoms with Gasteiger partial charge in [-0.3, -0.25) is 5.41 Å². The summed E-state index contributed by atoms with van der Waals surface area (Å²) in [5.41, 5.74) is 7.74. The molecule has 0 saturated heterocycles. The zero-order valence-electron chi connectivity index (χ0n) is 14.3. The molecule has 0 amide bonds. The summed E-state index contributed by atoms with van der Waals surface area (Å²) in [5, 5.41) is 21.1. The van der Waals surface area contributed by atoms with Crippen molar-refractivity contribution in [1.29, 1.82) is 5.41 Å². The Hall–Kier alpha value is -2.90. The molecule has 5 N–H and O–H groups in total. The fraction of sp³-hybridized carbons (Fsp3) is 0.158. The largest absolute Gasteiger partial charge is 0.457 e. The van der Waals surface area contributed by atoms with Gasteiger partial charge in [0.05, 0.1) is 17.9 Å². The monoisotopic (exact) mass is 368 g/mol. The standard InChI is InChI=1S/C19H20N4O2S/c1-12(11-24)17-16(18(20)21)19(26-23-17)22-13-7-9-15(10-8-13)25-14-5-3-2-4-6-14/h2-10,12,22,24H,11H2,1H3,(H3,20,21)/t12-/m1/s1. The minimum absolute atomic E-state index is 0.0467. The number of hydrogen-bond donors (Lipinski definition) is 4. The Morgan fingerprint density at radius 1 is 1.19 bits per heavy atom. The lowest BCUT2D eigenvalue weighted by Gasteiger charge is -2.10. The average Bonchev–Trinajstić information content (AvgIpc) is 3.07. The van der Waals surface area contributed by atoms with E-state index in [1.165, 1.54) is 11.5 Å². The molecule has 1 atom stereocenters. The number of aliphatic hydroxyl groups is 1. The molecule has 1 aromatic heterocycles. The first-order valence-electron chi connectivity index (χ1n) is 8.13. The molecule has 0 aliphatic rings. The Labute approximate surface area is 155 Å². The van der Waals surface area contributed by atoms with E-state index < -0.39 is 0 Å². The van der Waals surface area contributed by atoms with E-state index in [-0.39, 0.29) is 18.4 Å². The minimum Gasteiger partial charge on any atom is -0.457 e. The van der Waals surface area contributed by atoms with Crippen molar-refractivity contribution < 1.29 is 9.84 Å². The third kappa shape index (κ3) is 4.01. The number of hydrogen-bond acceptors (Lipinski definition) is 6. The Balaban J connectivity index is 1.77. The number of benzene rings is 2. The quantitative estimate of drug-likeness (QED) is 0.372. The van der Waals surface area contributed by atoms with E-state index in [4.69, 9.17) is 15.9 Å². The van der Waals surface area contributed by atoms with Gasteiger partial charge in [-0.05, 0) is 47.9 Å². The van der Waals surface area contributed by atoms with E-state index in [2.05, 4.69) is 9.69 Å². The van der Waals surface area contributed by atoms with Crippen LogP contribution in [-0.4, -0.2) is 21.9 Å². The lowest BCUT2D eigenvalue weighted by Crippen LogP contribution is -2.16. The number of ether oxygens (including phenoxy) is 1. The zero-order valence-corrected chi connectivity index (χ0v) is 15.1. The van der Waals surface area contributed by atoms with Crippen LogP contribution in [0.4, 0.5) is 10.7 Å². The fourth-order valence-electron chi connectivity index (χ4n) is 2.43. The predicted octanol–water partition coefficient (Wildman–Crippen LogP) is 4.06. The lowest BCUT2D eigenvalue weighted by molar-refractivity contribution is 0.271. The highest BCUT2D eigenvalue weighted by molar-refractivity contribution is 7.10. The molecule has 0 radical (unpaired) electrons. The Bertz CT molecular complexity index is 878. The number of nitrogen functional groups attached to an aromatic ring is 1. The van der Waals surface area contributed by atoms with Gasteiger partial charge < -0.3 is 20.9 Å². The van der Waals surface area contributed by atoms with Gasteiger partial charge in [0.25, 0.3) is 0 Å². The number of amidine groups is 1. The maximum Gasteiger partial charge on any atom is 0.127 e. The molecule has 0 bridgehead atoms. The second-order valence-electron chi connectivity index (χ2n) is 5.83. The van der Waals surface area contributed by atoms with E-state index in [1.54, 1.807) is 0 Å². The lowest BCUT2D eigenvalue weighted by atomic mass is 10.0. The smallest absolute Gasteiger partial charge is 0.127 e. The molecule has 3 rings (SSSR count). The van der Waals surface area contributed by atoms with Crippen LogP contribution in [0, 0.1) is 5.41 Å². The second kappa shape index (κ2) is 7.99. The van der Waals surface area contributed by atoms with Crippen molar-refractivity contribution in [2.75, 3.05) is 11.9 Å². The topological polar surface area (TPSA) is 104 Å². The van der Waals surface area contributed by atoms with Crippen LogP contribution in [0.5, 0.6) is 11.5 Å². The minimum atomic E-state index is -0.178. The number of aliphatic hydroxyl groups excluding tert-OH is 1. The van der Waals surface area contributed by atoms with Crippen LogP contribution in [-0.2, 0) is 0 Å². The molecule has 0 saturated carbocycles. The Kier molecular flexibility index (Phi) is 5.50. The number of nitrogens with two attached hydrogens (primary N) is 1. The molecular formula is C19H20N4O2S. The van der Waals surface area contributed by atoms with Crippen molar-refractivity contribution in [3.05, 3.63) is 65.9 Å². The molecule has 0 aliphatic carbocycles. The second-order valence-corrected chi connectivity index (χ2v) is 6.61. The summed E-state index contributed by atoms with van der Waals surface area (Å²) in [5.74, 6) is 1.26. The van der Waals surface area contributed by atoms with Crippen LogP contribution >= 0.6 is 11.5 Å². The van der Waals surface area contributed by atoms with Crippen LogP contribution in [0.25, 0.3) is 0 Å². The van der Waals surface area contributed by atoms with Crippen molar-refractivity contribution in [2.24, 2.45) is 5.73 Å². The molecule has 2 aromatic carbocycles. The van der Waals surface area contributed by atoms with Crippen LogP contribution in [0.2, 0.25) is 0 Å². The van der Waals surface area contributed by atoms with Crippen molar-refractivity contribution in [2.45, 2.75) is 12.8 Å². The SMILES string of the molecule is C[C@H](CO)c1nsc(Nc2ccc(Oc3ccccc3)cc2)c1C(=N)N. The van der Waals surface area contributed by atoms with Crippen LogP contribution in [0.1, 0.15) is 24.1 Å². The van der Waals surface area contributed by atoms with Crippen molar-refractivity contribution >= 4 is 28.1 Å². The van der Waals surface area contributed by atoms with Gasteiger partial charge in [-0.1, -0.05) is 25.1 Å². The summed E-state index contributed by atoms with van der Waals surface area (Å²) in [6.45, 7) is 1.80. The van der Waals surface area contributed by atoms with Gasteiger partial charge >= 0.3 is 0 Å². The molecular weight excluding hydrogens is 348 g/mol. The van der Waals surface area contributed by atoms with E-state index in [0.717, 1.165) is 17.2 Å². The number of aromatic nitrogens is 1. The van der Waals surface area contributed by atoms with Crippen LogP contribution in [0.3, 0.4) is 0 Å². The van der Waals surface area contributed by atoms with Gasteiger partial charge in [0, 0.05) is 11.6 Å². The molecule has 1 heterocycles. The number of anilines is 2. The summed E-state index contributed by atoms with van der Waals surface area (Å²) < 4.78 is 10.1. The zero-order chi connectivity index (χ0) is 18.5. The highest BCUT2D eigenvalue weighted by Crippen LogP contribution is 2.32. The van der Waals surface area contributed by atoms with E-state index in [9.17, 15) is 5.11 Å². The van der Waals surface area contributed by atoms with E-state index in [1.807, 2.05) is 61.5 Å². The first-order chi connectivity index (χ1) is 12.6. The molecule has 0 spiro atoms. The van der Waals surface area contributed by atoms with Gasteiger partial charge in [-0.2, -0.15) is 4.37 Å². The molecule has 134 valence electrons. The van der Waals surface area contributed by atoms with Crippen molar-refractivity contribution in [3.63, 3.8) is 0 Å². The predicted molar refractivity (Wildman–Crippen MR) is 105 cm³/mol. The first-order valence-corrected chi connectivity index (χ1v) is 8.90. The molecule has 0 aliphatic heterocycles. The molecule has 26 heavy (non-hydrogen) atoms. The fourth-order valence-corrected chi connectivity index (χ4v) is 3.36. The van der Waals surface area contributed by atoms with Gasteiger partial charge in [-0.15, -0.1) is 0 Å². The number of para-hydroxylation sites is 1. The Morgan fingerprint density at radius 2 is 1.85 bits per heavy atom. The molecule has 0 unspecified atom stereocenters. The van der Waals surface area contributed by atoms with Crippen molar-refractivity contribution in [3.8, 4) is 11.5 Å². The molecule has 0 fully saturated rings. The van der Waals surface area contributed by atoms with E-state index >= 15 is 0 Å². The maximum absolute atomic E-state index is 9.36. The van der Waals surface area contributed by atoms with Crippen molar-refractivity contribution in [1.82, 2.24) is 4.37 Å². The Morgan fingerprint density at radius 3 is 2.46 bits per heavy atom. The normalized spacial score (nSPS) is 11.8. The summed E-state index contributed by atoms with van der Waals surface area (Å²) in [6.07, 6.45) is 0. The molecule has 3 aromatic rings. The van der Waals surface area contributed by atoms with Gasteiger partial charge in [0.1, 0.15) is 22.3 Å². The number of rotatable bonds is 7. The summed E-state index contributed by atoms with van der Waals surface area (Å²) in [7, 11) is 0. The number of nitrogens with one attached hydrogen (secondary N) is 2. The molecule has 7 heteroatoms. The highest BCUT2D eigenvalue weighted by Gasteiger charge is 2.20. The van der Waals surface area contributed by atoms with Crippen LogP contribution in [0.15, 0.2) is 54.6 Å². The summed E-state index contributed by atoms with van der Waals surface area (Å²) >= 11 is 1.23. The third-order valence-electron chi connectivity index (χ3n) is 3.82. The molecule has 6 nitrogen and oxygen atoms in total. The maximum atomic E-state index is 9.36. The van der Waals surface area contributed by atoms with E-state index in [0.29, 0.717) is 16.3 Å². The summed E-state index contributed by atoms with van der Waals surface area (Å²) in [6, 6.07) is 17.1. The third-order valence-corrected chi connectivity index (χ3v) is 4.60.